The van der Waals surface area contributed by atoms with Crippen molar-refractivity contribution in [2.24, 2.45) is 0 Å². The molecular formula is C20H21F2NO3. The molecule has 0 aliphatic carbocycles. The molecule has 0 saturated carbocycles. The lowest BCUT2D eigenvalue weighted by Crippen LogP contribution is -2.50. The van der Waals surface area contributed by atoms with Crippen LogP contribution >= 0.6 is 0 Å². The Morgan fingerprint density at radius 3 is 2.77 bits per heavy atom. The normalized spacial score (nSPS) is 19.9. The number of halogens is 2. The van der Waals surface area contributed by atoms with Gasteiger partial charge >= 0.3 is 0 Å². The lowest BCUT2D eigenvalue weighted by atomic mass is 10.0. The van der Waals surface area contributed by atoms with Gasteiger partial charge in [-0.05, 0) is 23.6 Å². The molecule has 6 heteroatoms. The average Bonchev–Trinajstić information content (AvgIpc) is 2.64. The summed E-state index contributed by atoms with van der Waals surface area (Å²) in [6.45, 7) is 1.34. The summed E-state index contributed by atoms with van der Waals surface area (Å²) >= 11 is 0. The van der Waals surface area contributed by atoms with Gasteiger partial charge in [0.25, 0.3) is 0 Å². The molecule has 2 aromatic carbocycles. The van der Waals surface area contributed by atoms with Crippen molar-refractivity contribution in [2.45, 2.75) is 31.6 Å². The molecule has 2 aromatic rings. The van der Waals surface area contributed by atoms with E-state index in [2.05, 4.69) is 5.32 Å². The predicted molar refractivity (Wildman–Crippen MR) is 92.4 cm³/mol. The van der Waals surface area contributed by atoms with Gasteiger partial charge in [0.2, 0.25) is 5.91 Å². The van der Waals surface area contributed by atoms with E-state index in [4.69, 9.17) is 9.47 Å². The third kappa shape index (κ3) is 5.09. The van der Waals surface area contributed by atoms with Crippen molar-refractivity contribution in [3.05, 3.63) is 71.3 Å². The van der Waals surface area contributed by atoms with Crippen LogP contribution in [0.4, 0.5) is 8.78 Å². The lowest BCUT2D eigenvalue weighted by Gasteiger charge is -2.32. The first-order chi connectivity index (χ1) is 12.6. The maximum atomic E-state index is 13.7. The number of ether oxygens (including phenoxy) is 2. The van der Waals surface area contributed by atoms with Crippen LogP contribution in [-0.4, -0.2) is 31.3 Å². The van der Waals surface area contributed by atoms with Gasteiger partial charge in [0, 0.05) is 12.7 Å². The van der Waals surface area contributed by atoms with Crippen LogP contribution in [0.3, 0.4) is 0 Å². The minimum Gasteiger partial charge on any atom is -0.379 e. The highest BCUT2D eigenvalue weighted by Crippen LogP contribution is 2.15. The van der Waals surface area contributed by atoms with E-state index in [1.54, 1.807) is 0 Å². The van der Waals surface area contributed by atoms with E-state index in [9.17, 15) is 13.6 Å². The minimum atomic E-state index is -0.719. The van der Waals surface area contributed by atoms with Crippen LogP contribution < -0.4 is 5.32 Å². The van der Waals surface area contributed by atoms with Crippen LogP contribution in [0.25, 0.3) is 0 Å². The first-order valence-corrected chi connectivity index (χ1v) is 8.58. The molecule has 0 spiro atoms. The van der Waals surface area contributed by atoms with Gasteiger partial charge in [0.05, 0.1) is 25.7 Å². The quantitative estimate of drug-likeness (QED) is 0.861. The van der Waals surface area contributed by atoms with E-state index in [1.807, 2.05) is 30.3 Å². The van der Waals surface area contributed by atoms with Crippen molar-refractivity contribution < 1.29 is 23.0 Å². The molecule has 3 rings (SSSR count). The highest BCUT2D eigenvalue weighted by molar-refractivity contribution is 5.79. The lowest BCUT2D eigenvalue weighted by molar-refractivity contribution is -0.126. The molecule has 1 amide bonds. The molecule has 1 N–H and O–H groups in total. The molecule has 1 aliphatic heterocycles. The average molecular weight is 361 g/mol. The zero-order valence-electron chi connectivity index (χ0n) is 14.3. The maximum Gasteiger partial charge on any atom is 0.224 e. The number of hydrogen-bond donors (Lipinski definition) is 1. The third-order valence-electron chi connectivity index (χ3n) is 4.32. The van der Waals surface area contributed by atoms with Crippen molar-refractivity contribution in [3.8, 4) is 0 Å². The van der Waals surface area contributed by atoms with E-state index < -0.39 is 11.6 Å². The molecule has 0 bridgehead atoms. The molecule has 1 aliphatic rings. The van der Waals surface area contributed by atoms with Gasteiger partial charge in [-0.15, -0.1) is 0 Å². The number of hydrogen-bond acceptors (Lipinski definition) is 3. The first kappa shape index (κ1) is 18.5. The fraction of sp³-hybridized carbons (Fsp3) is 0.350. The Bertz CT molecular complexity index is 739. The Hall–Kier alpha value is -2.31. The molecule has 138 valence electrons. The smallest absolute Gasteiger partial charge is 0.224 e. The number of benzene rings is 2. The van der Waals surface area contributed by atoms with E-state index in [1.165, 1.54) is 6.07 Å². The zero-order chi connectivity index (χ0) is 18.4. The largest absolute Gasteiger partial charge is 0.379 e. The number of carbonyl (C=O) groups is 1. The second-order valence-corrected chi connectivity index (χ2v) is 6.29. The minimum absolute atomic E-state index is 0.144. The summed E-state index contributed by atoms with van der Waals surface area (Å²) in [5, 5.41) is 2.89. The van der Waals surface area contributed by atoms with Gasteiger partial charge in [-0.1, -0.05) is 36.4 Å². The van der Waals surface area contributed by atoms with Gasteiger partial charge in [0.15, 0.2) is 0 Å². The van der Waals surface area contributed by atoms with Crippen molar-refractivity contribution >= 4 is 5.91 Å². The number of amides is 1. The zero-order valence-corrected chi connectivity index (χ0v) is 14.3. The van der Waals surface area contributed by atoms with Crippen LogP contribution in [0, 0.1) is 11.6 Å². The Morgan fingerprint density at radius 1 is 1.19 bits per heavy atom. The molecule has 1 fully saturated rings. The molecular weight excluding hydrogens is 340 g/mol. The Kier molecular flexibility index (Phi) is 6.30. The van der Waals surface area contributed by atoms with Crippen molar-refractivity contribution in [2.75, 3.05) is 13.2 Å². The standard InChI is InChI=1S/C20H21F2NO3/c21-16-7-6-15(17(22)11-16)10-20(24)23-18-8-9-25-13-19(18)26-12-14-4-2-1-3-5-14/h1-7,11,18-19H,8-10,12-13H2,(H,23,24)/t18-,19-/m1/s1. The Labute approximate surface area is 151 Å². The molecule has 0 unspecified atom stereocenters. The van der Waals surface area contributed by atoms with Crippen LogP contribution in [0.2, 0.25) is 0 Å². The number of rotatable bonds is 6. The first-order valence-electron chi connectivity index (χ1n) is 8.58. The second-order valence-electron chi connectivity index (χ2n) is 6.29. The number of nitrogens with one attached hydrogen (secondary N) is 1. The number of carbonyl (C=O) groups excluding carboxylic acids is 1. The molecule has 2 atom stereocenters. The van der Waals surface area contributed by atoms with Gasteiger partial charge in [-0.25, -0.2) is 8.78 Å². The molecule has 0 radical (unpaired) electrons. The topological polar surface area (TPSA) is 47.6 Å². The van der Waals surface area contributed by atoms with Crippen molar-refractivity contribution in [3.63, 3.8) is 0 Å². The maximum absolute atomic E-state index is 13.7. The summed E-state index contributed by atoms with van der Waals surface area (Å²) < 4.78 is 38.0. The Morgan fingerprint density at radius 2 is 2.00 bits per heavy atom. The van der Waals surface area contributed by atoms with Crippen molar-refractivity contribution in [1.82, 2.24) is 5.32 Å². The predicted octanol–water partition coefficient (Wildman–Crippen LogP) is 3.00. The fourth-order valence-corrected chi connectivity index (χ4v) is 2.91. The summed E-state index contributed by atoms with van der Waals surface area (Å²) in [5.41, 5.74) is 1.20. The van der Waals surface area contributed by atoms with Crippen LogP contribution in [0.5, 0.6) is 0 Å². The summed E-state index contributed by atoms with van der Waals surface area (Å²) in [7, 11) is 0. The highest BCUT2D eigenvalue weighted by atomic mass is 19.1. The molecule has 4 nitrogen and oxygen atoms in total. The summed E-state index contributed by atoms with van der Waals surface area (Å²) in [6.07, 6.45) is 0.206. The molecule has 1 saturated heterocycles. The van der Waals surface area contributed by atoms with E-state index in [0.29, 0.717) is 26.2 Å². The molecule has 26 heavy (non-hydrogen) atoms. The van der Waals surface area contributed by atoms with E-state index >= 15 is 0 Å². The summed E-state index contributed by atoms with van der Waals surface area (Å²) in [6, 6.07) is 12.8. The second kappa shape index (κ2) is 8.87. The summed E-state index contributed by atoms with van der Waals surface area (Å²) in [4.78, 5) is 12.3. The van der Waals surface area contributed by atoms with Crippen molar-refractivity contribution in [1.29, 1.82) is 0 Å². The molecule has 1 heterocycles. The van der Waals surface area contributed by atoms with Gasteiger partial charge in [-0.3, -0.25) is 4.79 Å². The van der Waals surface area contributed by atoms with E-state index in [-0.39, 0.29) is 30.0 Å². The van der Waals surface area contributed by atoms with Crippen LogP contribution in [-0.2, 0) is 27.3 Å². The Balaban J connectivity index is 1.56. The van der Waals surface area contributed by atoms with Crippen LogP contribution in [0.15, 0.2) is 48.5 Å². The summed E-state index contributed by atoms with van der Waals surface area (Å²) in [5.74, 6) is -1.70. The monoisotopic (exact) mass is 361 g/mol. The van der Waals surface area contributed by atoms with Gasteiger partial charge in [-0.2, -0.15) is 0 Å². The SMILES string of the molecule is O=C(Cc1ccc(F)cc1F)N[C@@H]1CCOC[C@H]1OCc1ccccc1. The van der Waals surface area contributed by atoms with Gasteiger partial charge < -0.3 is 14.8 Å². The van der Waals surface area contributed by atoms with Crippen LogP contribution in [0.1, 0.15) is 17.5 Å². The fourth-order valence-electron chi connectivity index (χ4n) is 2.91. The molecule has 0 aromatic heterocycles. The van der Waals surface area contributed by atoms with E-state index in [0.717, 1.165) is 17.7 Å². The highest BCUT2D eigenvalue weighted by Gasteiger charge is 2.28. The van der Waals surface area contributed by atoms with Gasteiger partial charge in [0.1, 0.15) is 17.7 Å². The third-order valence-corrected chi connectivity index (χ3v) is 4.32.